The number of rotatable bonds is 0. The van der Waals surface area contributed by atoms with E-state index in [0.717, 1.165) is 6.54 Å². The van der Waals surface area contributed by atoms with Gasteiger partial charge in [0, 0.05) is 6.54 Å². The molecule has 0 amide bonds. The topological polar surface area (TPSA) is 12.4 Å². The van der Waals surface area contributed by atoms with Gasteiger partial charge in [0.05, 0.1) is 0 Å². The van der Waals surface area contributed by atoms with Crippen molar-refractivity contribution in [2.75, 3.05) is 6.54 Å². The van der Waals surface area contributed by atoms with Crippen molar-refractivity contribution in [1.82, 2.24) is 0 Å². The van der Waals surface area contributed by atoms with E-state index in [4.69, 9.17) is 0 Å². The summed E-state index contributed by atoms with van der Waals surface area (Å²) >= 11 is 1.95. The predicted molar refractivity (Wildman–Crippen MR) is 53.2 cm³/mol. The Bertz CT molecular complexity index is 157. The molecule has 0 unspecified atom stereocenters. The quantitative estimate of drug-likeness (QED) is 0.537. The van der Waals surface area contributed by atoms with E-state index in [1.807, 2.05) is 18.0 Å². The molecule has 0 atom stereocenters. The van der Waals surface area contributed by atoms with Crippen molar-refractivity contribution >= 4 is 18.0 Å². The fourth-order valence-electron chi connectivity index (χ4n) is 1.30. The molecule has 0 aromatic rings. The van der Waals surface area contributed by atoms with Crippen LogP contribution in [0, 0.1) is 5.25 Å². The Morgan fingerprint density at radius 2 is 2.17 bits per heavy atom. The van der Waals surface area contributed by atoms with Gasteiger partial charge in [-0.1, -0.05) is 13.8 Å². The van der Waals surface area contributed by atoms with Crippen molar-refractivity contribution in [3.05, 3.63) is 5.25 Å². The molecule has 12 heavy (non-hydrogen) atoms. The maximum Gasteiger partial charge on any atom is 0.0356 e. The van der Waals surface area contributed by atoms with Crippen LogP contribution in [0.25, 0.3) is 0 Å². The van der Waals surface area contributed by atoms with Crippen molar-refractivity contribution < 1.29 is 0 Å². The summed E-state index contributed by atoms with van der Waals surface area (Å²) in [6.07, 6.45) is 4.50. The number of nitrogens with zero attached hydrogens (tertiary/aromatic N) is 1. The summed E-state index contributed by atoms with van der Waals surface area (Å²) in [5.41, 5.74) is 0. The monoisotopic (exact) mass is 432 g/mol. The summed E-state index contributed by atoms with van der Waals surface area (Å²) in [7, 11) is 0. The molecule has 0 bridgehead atoms. The van der Waals surface area contributed by atoms with Crippen LogP contribution in [0.5, 0.6) is 0 Å². The van der Waals surface area contributed by atoms with Gasteiger partial charge >= 0.3 is 0 Å². The fourth-order valence-corrected chi connectivity index (χ4v) is 2.55. The van der Waals surface area contributed by atoms with Gasteiger partial charge in [-0.3, -0.25) is 5.25 Å². The summed E-state index contributed by atoms with van der Waals surface area (Å²) in [6, 6.07) is 0. The fraction of sp³-hybridized carbons (Fsp3) is 0.778. The van der Waals surface area contributed by atoms with Gasteiger partial charge in [-0.25, -0.2) is 0 Å². The van der Waals surface area contributed by atoms with E-state index < -0.39 is 0 Å². The van der Waals surface area contributed by atoms with Crippen molar-refractivity contribution in [1.29, 1.82) is 0 Å². The van der Waals surface area contributed by atoms with Crippen LogP contribution in [0.4, 0.5) is 0 Å². The van der Waals surface area contributed by atoms with Crippen molar-refractivity contribution in [2.24, 2.45) is 4.99 Å². The van der Waals surface area contributed by atoms with E-state index in [1.54, 1.807) is 0 Å². The molecule has 1 nitrogen and oxygen atoms in total. The molecular formula is C9H16LrNS-. The van der Waals surface area contributed by atoms with Crippen LogP contribution in [0.2, 0.25) is 0 Å². The van der Waals surface area contributed by atoms with E-state index in [1.165, 1.54) is 18.1 Å². The molecule has 0 spiro atoms. The van der Waals surface area contributed by atoms with Gasteiger partial charge in [0.1, 0.15) is 0 Å². The minimum absolute atomic E-state index is 0. The van der Waals surface area contributed by atoms with Crippen LogP contribution < -0.4 is 0 Å². The van der Waals surface area contributed by atoms with Crippen LogP contribution >= 0.6 is 11.8 Å². The second-order valence-electron chi connectivity index (χ2n) is 3.61. The first-order valence-corrected chi connectivity index (χ1v) is 4.94. The zero-order valence-corrected chi connectivity index (χ0v) is 10.8. The molecule has 1 radical (unpaired) electrons. The Labute approximate surface area is 73.7 Å². The van der Waals surface area contributed by atoms with Gasteiger partial charge in [-0.05, 0) is 17.6 Å². The van der Waals surface area contributed by atoms with E-state index in [0.29, 0.717) is 4.75 Å². The standard InChI is InChI=1S/C9H16NS.Lr/c1-8-7-10-6-4-5-9(2,3)11-8;/h7H,4-6H2,1-3H3;/q-1;. The largest absolute Gasteiger partial charge is 0.328 e. The van der Waals surface area contributed by atoms with Gasteiger partial charge in [-0.15, -0.1) is 6.21 Å². The minimum Gasteiger partial charge on any atom is -0.328 e. The molecular weight excluding hydrogens is 416 g/mol. The first-order chi connectivity index (χ1) is 5.10. The molecule has 0 N–H and O–H groups in total. The van der Waals surface area contributed by atoms with Crippen molar-refractivity contribution in [3.8, 4) is 0 Å². The number of hydrogen-bond donors (Lipinski definition) is 0. The minimum atomic E-state index is 0. The van der Waals surface area contributed by atoms with E-state index in [-0.39, 0.29) is 0 Å². The molecule has 0 aromatic carbocycles. The molecule has 0 saturated heterocycles. The van der Waals surface area contributed by atoms with Crippen LogP contribution in [0.1, 0.15) is 33.6 Å². The molecule has 1 rings (SSSR count). The second kappa shape index (κ2) is 4.05. The van der Waals surface area contributed by atoms with Crippen molar-refractivity contribution in [3.63, 3.8) is 0 Å². The zero-order valence-electron chi connectivity index (χ0n) is 7.81. The first-order valence-electron chi connectivity index (χ1n) is 4.12. The maximum atomic E-state index is 4.29. The molecule has 3 heteroatoms. The predicted octanol–water partition coefficient (Wildman–Crippen LogP) is 2.91. The van der Waals surface area contributed by atoms with Crippen LogP contribution in [-0.2, 0) is 0 Å². The van der Waals surface area contributed by atoms with Gasteiger partial charge in [0.15, 0.2) is 0 Å². The number of thioether (sulfide) groups is 1. The number of aliphatic imine (C=N–C) groups is 1. The third-order valence-corrected chi connectivity index (χ3v) is 2.96. The Kier molecular flexibility index (Phi) is 3.68. The molecule has 1 heterocycles. The summed E-state index contributed by atoms with van der Waals surface area (Å²) in [5, 5.41) is 1.34. The Hall–Kier alpha value is -1.11. The smallest absolute Gasteiger partial charge is 0.0356 e. The molecule has 0 saturated carbocycles. The van der Waals surface area contributed by atoms with Crippen LogP contribution in [-0.4, -0.2) is 17.5 Å². The summed E-state index contributed by atoms with van der Waals surface area (Å²) in [4.78, 5) is 4.29. The molecule has 1 aliphatic rings. The SMILES string of the molecule is C[C-]1C=NCCCC(C)(C)S1.[Lr]. The second-order valence-corrected chi connectivity index (χ2v) is 5.56. The van der Waals surface area contributed by atoms with Gasteiger partial charge in [0.25, 0.3) is 0 Å². The molecule has 0 aromatic heterocycles. The van der Waals surface area contributed by atoms with E-state index >= 15 is 0 Å². The molecule has 1 aliphatic heterocycles. The van der Waals surface area contributed by atoms with E-state index in [9.17, 15) is 0 Å². The Morgan fingerprint density at radius 3 is 2.83 bits per heavy atom. The normalized spacial score (nSPS) is 22.4. The number of hydrogen-bond acceptors (Lipinski definition) is 2. The summed E-state index contributed by atoms with van der Waals surface area (Å²) in [5.74, 6) is 0. The average Bonchev–Trinajstić information content (AvgIpc) is 1.82. The van der Waals surface area contributed by atoms with Gasteiger partial charge in [0.2, 0.25) is 0 Å². The van der Waals surface area contributed by atoms with Gasteiger partial charge < -0.3 is 16.8 Å². The molecule has 79 valence electrons. The Morgan fingerprint density at radius 1 is 1.50 bits per heavy atom. The Balaban J connectivity index is 0.00000121. The van der Waals surface area contributed by atoms with Crippen molar-refractivity contribution in [2.45, 2.75) is 38.4 Å². The van der Waals surface area contributed by atoms with Crippen LogP contribution in [0.15, 0.2) is 4.99 Å². The van der Waals surface area contributed by atoms with E-state index in [2.05, 4.69) is 25.8 Å². The summed E-state index contributed by atoms with van der Waals surface area (Å²) in [6.45, 7) is 7.75. The molecule has 0 aliphatic carbocycles. The zero-order chi connectivity index (χ0) is 8.32. The van der Waals surface area contributed by atoms with Gasteiger partial charge in [-0.2, -0.15) is 6.92 Å². The average molecular weight is 432 g/mol. The first kappa shape index (κ1) is 10.9. The molecule has 0 fully saturated rings. The maximum absolute atomic E-state index is 4.29. The third kappa shape index (κ3) is 3.33. The third-order valence-electron chi connectivity index (χ3n) is 1.78. The van der Waals surface area contributed by atoms with Crippen LogP contribution in [0.3, 0.4) is 0 Å². The summed E-state index contributed by atoms with van der Waals surface area (Å²) < 4.78 is 0.413.